The molecule has 0 N–H and O–H groups in total. The molecule has 2 aliphatic rings. The number of nitriles is 1. The molecule has 1 aromatic heterocycles. The molecule has 0 aliphatic carbocycles. The van der Waals surface area contributed by atoms with Crippen molar-refractivity contribution in [2.24, 2.45) is 0 Å². The molecule has 5 rings (SSSR count). The SMILES string of the molecule is Cc1c(CCN2CCc3nc(-c4ccc(C#N)cc4F)ncc3C2)ccc2c1COC2=O. The average Bonchev–Trinajstić information content (AvgIpc) is 3.19. The maximum absolute atomic E-state index is 14.3. The summed E-state index contributed by atoms with van der Waals surface area (Å²) in [6.07, 6.45) is 3.44. The number of fused-ring (bicyclic) bond motifs is 2. The Morgan fingerprint density at radius 1 is 1.25 bits per heavy atom. The van der Waals surface area contributed by atoms with Crippen LogP contribution in [0.15, 0.2) is 36.5 Å². The van der Waals surface area contributed by atoms with E-state index in [-0.39, 0.29) is 11.5 Å². The number of cyclic esters (lactones) is 1. The average molecular weight is 428 g/mol. The second-order valence-electron chi connectivity index (χ2n) is 8.20. The molecule has 3 heterocycles. The standard InChI is InChI=1S/C25H21FN4O2/c1-15-17(3-5-19-21(15)14-32-25(19)31)6-8-30-9-7-23-18(13-30)12-28-24(29-23)20-4-2-16(11-27)10-22(20)26/h2-5,10,12H,6-9,13-14H2,1H3. The van der Waals surface area contributed by atoms with Crippen LogP contribution in [0.3, 0.4) is 0 Å². The molecule has 2 aromatic carbocycles. The van der Waals surface area contributed by atoms with Crippen molar-refractivity contribution in [2.45, 2.75) is 32.9 Å². The molecule has 0 bridgehead atoms. The van der Waals surface area contributed by atoms with Crippen LogP contribution < -0.4 is 0 Å². The van der Waals surface area contributed by atoms with Gasteiger partial charge in [-0.3, -0.25) is 4.90 Å². The van der Waals surface area contributed by atoms with Crippen molar-refractivity contribution in [1.29, 1.82) is 5.26 Å². The highest BCUT2D eigenvalue weighted by Crippen LogP contribution is 2.27. The third kappa shape index (κ3) is 3.63. The van der Waals surface area contributed by atoms with Gasteiger partial charge in [0.05, 0.1) is 28.5 Å². The smallest absolute Gasteiger partial charge is 0.338 e. The van der Waals surface area contributed by atoms with Gasteiger partial charge in [0.25, 0.3) is 0 Å². The predicted octanol–water partition coefficient (Wildman–Crippen LogP) is 3.73. The number of aromatic nitrogens is 2. The Morgan fingerprint density at radius 2 is 2.09 bits per heavy atom. The van der Waals surface area contributed by atoms with E-state index in [0.717, 1.165) is 54.9 Å². The first-order chi connectivity index (χ1) is 15.5. The lowest BCUT2D eigenvalue weighted by Gasteiger charge is -2.28. The third-order valence-corrected chi connectivity index (χ3v) is 6.33. The summed E-state index contributed by atoms with van der Waals surface area (Å²) in [6.45, 7) is 4.92. The van der Waals surface area contributed by atoms with Crippen LogP contribution in [0.25, 0.3) is 11.4 Å². The predicted molar refractivity (Wildman–Crippen MR) is 115 cm³/mol. The van der Waals surface area contributed by atoms with E-state index in [0.29, 0.717) is 23.6 Å². The van der Waals surface area contributed by atoms with E-state index >= 15 is 0 Å². The van der Waals surface area contributed by atoms with E-state index in [1.54, 1.807) is 18.3 Å². The van der Waals surface area contributed by atoms with Crippen LogP contribution in [0.4, 0.5) is 4.39 Å². The lowest BCUT2D eigenvalue weighted by molar-refractivity contribution is 0.0535. The largest absolute Gasteiger partial charge is 0.457 e. The summed E-state index contributed by atoms with van der Waals surface area (Å²) < 4.78 is 19.5. The topological polar surface area (TPSA) is 79.1 Å². The van der Waals surface area contributed by atoms with Crippen molar-refractivity contribution in [3.63, 3.8) is 0 Å². The van der Waals surface area contributed by atoms with Crippen LogP contribution in [0.5, 0.6) is 0 Å². The van der Waals surface area contributed by atoms with Gasteiger partial charge in [-0.1, -0.05) is 6.07 Å². The minimum atomic E-state index is -0.488. The number of nitrogens with zero attached hydrogens (tertiary/aromatic N) is 4. The molecule has 0 fully saturated rings. The van der Waals surface area contributed by atoms with Crippen LogP contribution in [-0.2, 0) is 30.7 Å². The molecule has 0 unspecified atom stereocenters. The van der Waals surface area contributed by atoms with Crippen molar-refractivity contribution in [2.75, 3.05) is 13.1 Å². The molecular formula is C25H21FN4O2. The van der Waals surface area contributed by atoms with E-state index in [1.165, 1.54) is 11.6 Å². The molecule has 0 saturated heterocycles. The van der Waals surface area contributed by atoms with E-state index < -0.39 is 5.82 Å². The fourth-order valence-electron chi connectivity index (χ4n) is 4.41. The van der Waals surface area contributed by atoms with Crippen molar-refractivity contribution in [3.05, 3.63) is 81.4 Å². The minimum absolute atomic E-state index is 0.234. The summed E-state index contributed by atoms with van der Waals surface area (Å²) >= 11 is 0. The van der Waals surface area contributed by atoms with Crippen LogP contribution >= 0.6 is 0 Å². The highest BCUT2D eigenvalue weighted by Gasteiger charge is 2.24. The number of hydrogen-bond acceptors (Lipinski definition) is 6. The highest BCUT2D eigenvalue weighted by molar-refractivity contribution is 5.93. The fourth-order valence-corrected chi connectivity index (χ4v) is 4.41. The molecule has 0 saturated carbocycles. The summed E-state index contributed by atoms with van der Waals surface area (Å²) in [5, 5.41) is 8.92. The number of rotatable bonds is 4. The fraction of sp³-hybridized carbons (Fsp3) is 0.280. The van der Waals surface area contributed by atoms with Crippen molar-refractivity contribution < 1.29 is 13.9 Å². The summed E-state index contributed by atoms with van der Waals surface area (Å²) in [5.41, 5.74) is 6.65. The number of hydrogen-bond donors (Lipinski definition) is 0. The Bertz CT molecular complexity index is 1280. The number of ether oxygens (including phenoxy) is 1. The normalized spacial score (nSPS) is 15.1. The number of halogens is 1. The Kier molecular flexibility index (Phi) is 5.16. The molecule has 6 nitrogen and oxygen atoms in total. The van der Waals surface area contributed by atoms with Crippen LogP contribution in [0, 0.1) is 24.1 Å². The molecule has 0 radical (unpaired) electrons. The molecule has 0 atom stereocenters. The Balaban J connectivity index is 1.28. The molecule has 32 heavy (non-hydrogen) atoms. The number of benzene rings is 2. The van der Waals surface area contributed by atoms with Crippen LogP contribution in [0.2, 0.25) is 0 Å². The zero-order valence-electron chi connectivity index (χ0n) is 17.7. The quantitative estimate of drug-likeness (QED) is 0.589. The number of carbonyl (C=O) groups excluding carboxylic acids is 1. The summed E-state index contributed by atoms with van der Waals surface area (Å²) in [7, 11) is 0. The van der Waals surface area contributed by atoms with E-state index in [2.05, 4.69) is 21.8 Å². The van der Waals surface area contributed by atoms with Gasteiger partial charge in [-0.05, 0) is 48.7 Å². The van der Waals surface area contributed by atoms with Gasteiger partial charge in [0.15, 0.2) is 5.82 Å². The van der Waals surface area contributed by atoms with Crippen LogP contribution in [-0.4, -0.2) is 33.9 Å². The molecule has 0 spiro atoms. The Hall–Kier alpha value is -3.63. The van der Waals surface area contributed by atoms with E-state index in [1.807, 2.05) is 18.2 Å². The van der Waals surface area contributed by atoms with Crippen molar-refractivity contribution in [1.82, 2.24) is 14.9 Å². The van der Waals surface area contributed by atoms with Crippen LogP contribution in [0.1, 0.15) is 43.9 Å². The molecule has 0 amide bonds. The second-order valence-corrected chi connectivity index (χ2v) is 8.20. The first-order valence-corrected chi connectivity index (χ1v) is 10.6. The van der Waals surface area contributed by atoms with Gasteiger partial charge >= 0.3 is 5.97 Å². The summed E-state index contributed by atoms with van der Waals surface area (Å²) in [4.78, 5) is 23.1. The van der Waals surface area contributed by atoms with Gasteiger partial charge in [-0.25, -0.2) is 19.2 Å². The Labute approximate surface area is 185 Å². The lowest BCUT2D eigenvalue weighted by atomic mass is 9.96. The van der Waals surface area contributed by atoms with Gasteiger partial charge in [0.2, 0.25) is 0 Å². The number of esters is 1. The van der Waals surface area contributed by atoms with Crippen molar-refractivity contribution >= 4 is 5.97 Å². The van der Waals surface area contributed by atoms with E-state index in [4.69, 9.17) is 10.00 Å². The van der Waals surface area contributed by atoms with Gasteiger partial charge in [0, 0.05) is 43.4 Å². The summed E-state index contributed by atoms with van der Waals surface area (Å²) in [6, 6.07) is 10.2. The van der Waals surface area contributed by atoms with E-state index in [9.17, 15) is 9.18 Å². The maximum Gasteiger partial charge on any atom is 0.338 e. The highest BCUT2D eigenvalue weighted by atomic mass is 19.1. The molecule has 7 heteroatoms. The minimum Gasteiger partial charge on any atom is -0.457 e. The zero-order chi connectivity index (χ0) is 22.2. The first-order valence-electron chi connectivity index (χ1n) is 10.6. The monoisotopic (exact) mass is 428 g/mol. The Morgan fingerprint density at radius 3 is 2.91 bits per heavy atom. The number of carbonyl (C=O) groups is 1. The molecule has 160 valence electrons. The van der Waals surface area contributed by atoms with Gasteiger partial charge < -0.3 is 4.74 Å². The second kappa shape index (κ2) is 8.13. The molecular weight excluding hydrogens is 407 g/mol. The lowest BCUT2D eigenvalue weighted by Crippen LogP contribution is -2.33. The molecule has 3 aromatic rings. The van der Waals surface area contributed by atoms with Gasteiger partial charge in [0.1, 0.15) is 12.4 Å². The third-order valence-electron chi connectivity index (χ3n) is 6.33. The van der Waals surface area contributed by atoms with Gasteiger partial charge in [-0.2, -0.15) is 5.26 Å². The maximum atomic E-state index is 14.3. The zero-order valence-corrected chi connectivity index (χ0v) is 17.7. The first kappa shape index (κ1) is 20.3. The van der Waals surface area contributed by atoms with Crippen molar-refractivity contribution in [3.8, 4) is 17.5 Å². The van der Waals surface area contributed by atoms with Gasteiger partial charge in [-0.15, -0.1) is 0 Å². The summed E-state index contributed by atoms with van der Waals surface area (Å²) in [5.74, 6) is -0.370. The molecule has 2 aliphatic heterocycles.